The first-order valence-electron chi connectivity index (χ1n) is 3.79. The van der Waals surface area contributed by atoms with Crippen LogP contribution >= 0.6 is 12.6 Å². The molecule has 0 aliphatic heterocycles. The van der Waals surface area contributed by atoms with Crippen molar-refractivity contribution in [2.75, 3.05) is 12.3 Å². The van der Waals surface area contributed by atoms with E-state index in [1.807, 2.05) is 0 Å². The van der Waals surface area contributed by atoms with Crippen molar-refractivity contribution < 1.29 is 8.42 Å². The van der Waals surface area contributed by atoms with E-state index >= 15 is 0 Å². The molecule has 13 heavy (non-hydrogen) atoms. The lowest BCUT2D eigenvalue weighted by molar-refractivity contribution is 0.584. The zero-order valence-electron chi connectivity index (χ0n) is 6.93. The summed E-state index contributed by atoms with van der Waals surface area (Å²) in [6.45, 7) is 0.298. The van der Waals surface area contributed by atoms with Gasteiger partial charge in [-0.05, 0) is 12.1 Å². The van der Waals surface area contributed by atoms with Crippen molar-refractivity contribution in [3.8, 4) is 0 Å². The van der Waals surface area contributed by atoms with E-state index in [9.17, 15) is 8.42 Å². The summed E-state index contributed by atoms with van der Waals surface area (Å²) >= 11 is 4.64. The summed E-state index contributed by atoms with van der Waals surface area (Å²) in [5.74, 6) is 0.381. The largest absolute Gasteiger partial charge is 0.240 e. The lowest BCUT2D eigenvalue weighted by atomic mass is 10.4. The van der Waals surface area contributed by atoms with Gasteiger partial charge in [-0.3, -0.25) is 0 Å². The molecular formula is C8H10NO2S2. The monoisotopic (exact) mass is 216 g/mol. The van der Waals surface area contributed by atoms with Crippen LogP contribution < -0.4 is 4.72 Å². The van der Waals surface area contributed by atoms with Crippen molar-refractivity contribution in [1.29, 1.82) is 0 Å². The molecule has 3 nitrogen and oxygen atoms in total. The molecule has 0 atom stereocenters. The quantitative estimate of drug-likeness (QED) is 0.821. The molecule has 0 saturated heterocycles. The van der Waals surface area contributed by atoms with Gasteiger partial charge in [0.2, 0.25) is 10.0 Å². The number of benzene rings is 1. The zero-order valence-corrected chi connectivity index (χ0v) is 8.57. The molecule has 0 aromatic heterocycles. The van der Waals surface area contributed by atoms with Gasteiger partial charge in [-0.1, -0.05) is 30.8 Å². The van der Waals surface area contributed by atoms with E-state index in [0.717, 1.165) is 0 Å². The summed E-state index contributed by atoms with van der Waals surface area (Å²) in [5, 5.41) is 0. The molecule has 0 aliphatic rings. The van der Waals surface area contributed by atoms with Crippen molar-refractivity contribution >= 4 is 22.7 Å². The van der Waals surface area contributed by atoms with Crippen molar-refractivity contribution in [1.82, 2.24) is 4.72 Å². The highest BCUT2D eigenvalue weighted by Crippen LogP contribution is 2.06. The third kappa shape index (κ3) is 3.02. The van der Waals surface area contributed by atoms with Gasteiger partial charge in [0, 0.05) is 12.3 Å². The minimum atomic E-state index is -3.34. The fourth-order valence-corrected chi connectivity index (χ4v) is 2.14. The molecule has 5 heteroatoms. The highest BCUT2D eigenvalue weighted by atomic mass is 32.2. The number of rotatable bonds is 4. The Morgan fingerprint density at radius 1 is 1.23 bits per heavy atom. The van der Waals surface area contributed by atoms with Gasteiger partial charge in [0.25, 0.3) is 0 Å². The number of hydrogen-bond acceptors (Lipinski definition) is 2. The topological polar surface area (TPSA) is 46.2 Å². The molecule has 0 aliphatic carbocycles. The average Bonchev–Trinajstić information content (AvgIpc) is 2.16. The standard InChI is InChI=1S/C8H10NO2S2/c10-13(11,9-6-7-12)8-4-2-1-3-5-8/h1-5,9H,6-7H2. The molecular weight excluding hydrogens is 206 g/mol. The predicted octanol–water partition coefficient (Wildman–Crippen LogP) is 1.16. The molecule has 0 saturated carbocycles. The van der Waals surface area contributed by atoms with Crippen LogP contribution in [0, 0.1) is 0 Å². The molecule has 0 heterocycles. The summed E-state index contributed by atoms with van der Waals surface area (Å²) in [6.07, 6.45) is 0. The van der Waals surface area contributed by atoms with E-state index in [4.69, 9.17) is 0 Å². The second-order valence-electron chi connectivity index (χ2n) is 2.41. The first-order valence-corrected chi connectivity index (χ1v) is 5.86. The Morgan fingerprint density at radius 2 is 1.85 bits per heavy atom. The molecule has 1 radical (unpaired) electrons. The van der Waals surface area contributed by atoms with E-state index in [1.165, 1.54) is 0 Å². The number of hydrogen-bond donors (Lipinski definition) is 1. The van der Waals surface area contributed by atoms with Crippen molar-refractivity contribution in [3.05, 3.63) is 30.3 Å². The van der Waals surface area contributed by atoms with Crippen molar-refractivity contribution in [2.24, 2.45) is 0 Å². The minimum absolute atomic E-state index is 0.276. The van der Waals surface area contributed by atoms with Crippen molar-refractivity contribution in [2.45, 2.75) is 4.90 Å². The molecule has 1 N–H and O–H groups in total. The smallest absolute Gasteiger partial charge is 0.210 e. The zero-order chi connectivity index (χ0) is 9.73. The first kappa shape index (κ1) is 10.6. The summed E-state index contributed by atoms with van der Waals surface area (Å²) in [7, 11) is -3.34. The molecule has 0 fully saturated rings. The summed E-state index contributed by atoms with van der Waals surface area (Å²) in [4.78, 5) is 0.276. The lowest BCUT2D eigenvalue weighted by Gasteiger charge is -2.03. The van der Waals surface area contributed by atoms with Gasteiger partial charge in [-0.25, -0.2) is 13.1 Å². The maximum atomic E-state index is 11.4. The highest BCUT2D eigenvalue weighted by Gasteiger charge is 2.10. The normalized spacial score (nSPS) is 11.5. The molecule has 1 aromatic rings. The summed E-state index contributed by atoms with van der Waals surface area (Å²) in [5.41, 5.74) is 0. The van der Waals surface area contributed by atoms with E-state index < -0.39 is 10.0 Å². The fraction of sp³-hybridized carbons (Fsp3) is 0.250. The Kier molecular flexibility index (Phi) is 3.77. The Morgan fingerprint density at radius 3 is 2.38 bits per heavy atom. The average molecular weight is 216 g/mol. The molecule has 0 unspecified atom stereocenters. The van der Waals surface area contributed by atoms with Gasteiger partial charge < -0.3 is 0 Å². The van der Waals surface area contributed by atoms with Crippen LogP contribution in [0.15, 0.2) is 35.2 Å². The van der Waals surface area contributed by atoms with E-state index in [0.29, 0.717) is 12.3 Å². The van der Waals surface area contributed by atoms with E-state index in [-0.39, 0.29) is 4.90 Å². The lowest BCUT2D eigenvalue weighted by Crippen LogP contribution is -2.25. The van der Waals surface area contributed by atoms with Gasteiger partial charge in [0.15, 0.2) is 0 Å². The van der Waals surface area contributed by atoms with Gasteiger partial charge in [-0.15, -0.1) is 0 Å². The van der Waals surface area contributed by atoms with Gasteiger partial charge in [-0.2, -0.15) is 0 Å². The van der Waals surface area contributed by atoms with Gasteiger partial charge in [0.05, 0.1) is 4.90 Å². The highest BCUT2D eigenvalue weighted by molar-refractivity contribution is 7.89. The van der Waals surface area contributed by atoms with Crippen LogP contribution in [-0.2, 0) is 10.0 Å². The molecule has 1 rings (SSSR count). The molecule has 0 spiro atoms. The van der Waals surface area contributed by atoms with Crippen LogP contribution in [0.1, 0.15) is 0 Å². The molecule has 71 valence electrons. The predicted molar refractivity (Wildman–Crippen MR) is 54.1 cm³/mol. The molecule has 1 aromatic carbocycles. The van der Waals surface area contributed by atoms with E-state index in [2.05, 4.69) is 17.4 Å². The van der Waals surface area contributed by atoms with Crippen LogP contribution in [0.4, 0.5) is 0 Å². The van der Waals surface area contributed by atoms with Gasteiger partial charge >= 0.3 is 0 Å². The fourth-order valence-electron chi connectivity index (χ4n) is 0.859. The minimum Gasteiger partial charge on any atom is -0.210 e. The maximum Gasteiger partial charge on any atom is 0.240 e. The number of sulfonamides is 1. The number of nitrogens with one attached hydrogen (secondary N) is 1. The van der Waals surface area contributed by atoms with Crippen LogP contribution in [0.25, 0.3) is 0 Å². The SMILES string of the molecule is O=S(=O)(NCC[S])c1ccccc1. The second kappa shape index (κ2) is 4.64. The van der Waals surface area contributed by atoms with E-state index in [1.54, 1.807) is 30.3 Å². The third-order valence-corrected chi connectivity index (χ3v) is 3.13. The van der Waals surface area contributed by atoms with Crippen LogP contribution in [0.5, 0.6) is 0 Å². The first-order chi connectivity index (χ1) is 6.17. The van der Waals surface area contributed by atoms with Crippen LogP contribution in [0.3, 0.4) is 0 Å². The van der Waals surface area contributed by atoms with Crippen LogP contribution in [-0.4, -0.2) is 20.7 Å². The second-order valence-corrected chi connectivity index (χ2v) is 4.59. The third-order valence-electron chi connectivity index (χ3n) is 1.45. The Hall–Kier alpha value is -0.520. The Bertz CT molecular complexity index is 348. The summed E-state index contributed by atoms with van der Waals surface area (Å²) < 4.78 is 25.3. The van der Waals surface area contributed by atoms with Crippen molar-refractivity contribution in [3.63, 3.8) is 0 Å². The molecule has 0 bridgehead atoms. The van der Waals surface area contributed by atoms with Gasteiger partial charge in [0.1, 0.15) is 0 Å². The summed E-state index contributed by atoms with van der Waals surface area (Å²) in [6, 6.07) is 8.23. The maximum absolute atomic E-state index is 11.4. The Labute approximate surface area is 83.6 Å². The molecule has 0 amide bonds. The van der Waals surface area contributed by atoms with Crippen LogP contribution in [0.2, 0.25) is 0 Å². The Balaban J connectivity index is 2.83.